The molecule has 1 aliphatic rings. The molecular weight excluding hydrogens is 244 g/mol. The lowest BCUT2D eigenvalue weighted by molar-refractivity contribution is -0.119. The molecule has 0 spiro atoms. The number of hydrogen-bond acceptors (Lipinski definition) is 5. The second kappa shape index (κ2) is 5.13. The average Bonchev–Trinajstić information content (AvgIpc) is 3.12. The van der Waals surface area contributed by atoms with Gasteiger partial charge in [-0.1, -0.05) is 0 Å². The third-order valence-corrected chi connectivity index (χ3v) is 2.43. The van der Waals surface area contributed by atoms with Gasteiger partial charge in [0, 0.05) is 12.1 Å². The summed E-state index contributed by atoms with van der Waals surface area (Å²) in [6.45, 7) is -0.129. The Kier molecular flexibility index (Phi) is 3.56. The number of nitrogens with zero attached hydrogens (tertiary/aromatic N) is 1. The van der Waals surface area contributed by atoms with Crippen molar-refractivity contribution in [1.82, 2.24) is 10.3 Å². The van der Waals surface area contributed by atoms with Crippen molar-refractivity contribution in [2.45, 2.75) is 18.9 Å². The lowest BCUT2D eigenvalue weighted by Crippen LogP contribution is -2.31. The summed E-state index contributed by atoms with van der Waals surface area (Å²) < 4.78 is 26.4. The topological polar surface area (TPSA) is 92.1 Å². The van der Waals surface area contributed by atoms with Crippen LogP contribution in [0, 0.1) is 11.6 Å². The largest absolute Gasteiger partial charge is 0.359 e. The molecule has 18 heavy (non-hydrogen) atoms. The van der Waals surface area contributed by atoms with Gasteiger partial charge in [0.25, 0.3) is 0 Å². The molecule has 6 nitrogen and oxygen atoms in total. The van der Waals surface area contributed by atoms with Gasteiger partial charge in [-0.2, -0.15) is 0 Å². The molecule has 0 aromatic carbocycles. The number of nitrogens with two attached hydrogens (primary N) is 1. The maximum Gasteiger partial charge on any atom is 0.239 e. The molecule has 5 N–H and O–H groups in total. The Morgan fingerprint density at radius 1 is 1.39 bits per heavy atom. The number of rotatable bonds is 5. The number of pyridine rings is 1. The molecule has 8 heteroatoms. The lowest BCUT2D eigenvalue weighted by atomic mass is 10.4. The first kappa shape index (κ1) is 12.5. The second-order valence-corrected chi connectivity index (χ2v) is 3.99. The SMILES string of the molecule is NNc1nc(NCC(=O)NC2CC2)c(F)cc1F. The van der Waals surface area contributed by atoms with E-state index < -0.39 is 11.6 Å². The zero-order valence-electron chi connectivity index (χ0n) is 9.46. The van der Waals surface area contributed by atoms with Crippen LogP contribution in [0.25, 0.3) is 0 Å². The van der Waals surface area contributed by atoms with Crippen molar-refractivity contribution in [3.05, 3.63) is 17.7 Å². The van der Waals surface area contributed by atoms with Gasteiger partial charge in [-0.15, -0.1) is 0 Å². The molecule has 0 saturated heterocycles. The van der Waals surface area contributed by atoms with E-state index in [-0.39, 0.29) is 30.1 Å². The smallest absolute Gasteiger partial charge is 0.239 e. The monoisotopic (exact) mass is 257 g/mol. The molecule has 0 atom stereocenters. The molecule has 0 unspecified atom stereocenters. The first-order valence-electron chi connectivity index (χ1n) is 5.46. The molecule has 0 bridgehead atoms. The van der Waals surface area contributed by atoms with E-state index in [4.69, 9.17) is 5.84 Å². The number of halogens is 2. The van der Waals surface area contributed by atoms with Gasteiger partial charge in [-0.05, 0) is 12.8 Å². The van der Waals surface area contributed by atoms with Crippen LogP contribution >= 0.6 is 0 Å². The van der Waals surface area contributed by atoms with E-state index in [9.17, 15) is 13.6 Å². The summed E-state index contributed by atoms with van der Waals surface area (Å²) in [7, 11) is 0. The summed E-state index contributed by atoms with van der Waals surface area (Å²) >= 11 is 0. The van der Waals surface area contributed by atoms with E-state index in [1.54, 1.807) is 0 Å². The summed E-state index contributed by atoms with van der Waals surface area (Å²) in [6.07, 6.45) is 1.94. The molecule has 1 heterocycles. The molecule has 1 amide bonds. The van der Waals surface area contributed by atoms with Crippen LogP contribution in [0.5, 0.6) is 0 Å². The summed E-state index contributed by atoms with van der Waals surface area (Å²) in [5, 5.41) is 5.20. The predicted octanol–water partition coefficient (Wildman–Crippen LogP) is 0.336. The van der Waals surface area contributed by atoms with Crippen molar-refractivity contribution in [2.75, 3.05) is 17.3 Å². The average molecular weight is 257 g/mol. The zero-order valence-corrected chi connectivity index (χ0v) is 9.46. The Hall–Kier alpha value is -1.96. The van der Waals surface area contributed by atoms with E-state index >= 15 is 0 Å². The number of hydrazine groups is 1. The fraction of sp³-hybridized carbons (Fsp3) is 0.400. The normalized spacial score (nSPS) is 14.2. The molecule has 2 rings (SSSR count). The first-order valence-corrected chi connectivity index (χ1v) is 5.46. The number of nitrogens with one attached hydrogen (secondary N) is 3. The van der Waals surface area contributed by atoms with Crippen molar-refractivity contribution in [1.29, 1.82) is 0 Å². The highest BCUT2D eigenvalue weighted by molar-refractivity contribution is 5.81. The highest BCUT2D eigenvalue weighted by atomic mass is 19.1. The van der Waals surface area contributed by atoms with Crippen molar-refractivity contribution >= 4 is 17.5 Å². The van der Waals surface area contributed by atoms with Gasteiger partial charge in [0.05, 0.1) is 6.54 Å². The molecular formula is C10H13F2N5O. The zero-order chi connectivity index (χ0) is 13.1. The van der Waals surface area contributed by atoms with Crippen molar-refractivity contribution in [2.24, 2.45) is 5.84 Å². The van der Waals surface area contributed by atoms with E-state index in [1.165, 1.54) is 0 Å². The minimum absolute atomic E-state index is 0.129. The number of amides is 1. The predicted molar refractivity (Wildman–Crippen MR) is 61.6 cm³/mol. The molecule has 98 valence electrons. The minimum atomic E-state index is -0.900. The van der Waals surface area contributed by atoms with Crippen LogP contribution in [0.3, 0.4) is 0 Å². The van der Waals surface area contributed by atoms with E-state index in [0.29, 0.717) is 6.07 Å². The van der Waals surface area contributed by atoms with E-state index in [2.05, 4.69) is 15.6 Å². The fourth-order valence-electron chi connectivity index (χ4n) is 1.36. The Labute approximate surface area is 102 Å². The van der Waals surface area contributed by atoms with Gasteiger partial charge in [0.2, 0.25) is 5.91 Å². The van der Waals surface area contributed by atoms with Crippen LogP contribution in [-0.2, 0) is 4.79 Å². The molecule has 1 aromatic heterocycles. The van der Waals surface area contributed by atoms with Crippen LogP contribution in [-0.4, -0.2) is 23.5 Å². The highest BCUT2D eigenvalue weighted by Crippen LogP contribution is 2.19. The fourth-order valence-corrected chi connectivity index (χ4v) is 1.36. The maximum absolute atomic E-state index is 13.3. The second-order valence-electron chi connectivity index (χ2n) is 3.99. The summed E-state index contributed by atoms with van der Waals surface area (Å²) in [6, 6.07) is 0.871. The van der Waals surface area contributed by atoms with E-state index in [0.717, 1.165) is 12.8 Å². The number of hydrogen-bond donors (Lipinski definition) is 4. The number of nitrogen functional groups attached to an aromatic ring is 1. The molecule has 0 radical (unpaired) electrons. The Balaban J connectivity index is 1.97. The minimum Gasteiger partial charge on any atom is -0.359 e. The molecule has 1 saturated carbocycles. The standard InChI is InChI=1S/C10H13F2N5O/c11-6-3-7(12)10(17-13)16-9(6)14-4-8(18)15-5-1-2-5/h3,5H,1-2,4,13H2,(H,15,18)(H2,14,16,17). The Morgan fingerprint density at radius 2 is 2.06 bits per heavy atom. The highest BCUT2D eigenvalue weighted by Gasteiger charge is 2.23. The summed E-state index contributed by atoms with van der Waals surface area (Å²) in [5.74, 6) is 2.46. The summed E-state index contributed by atoms with van der Waals surface area (Å²) in [5.41, 5.74) is 2.00. The molecule has 1 fully saturated rings. The van der Waals surface area contributed by atoms with E-state index in [1.807, 2.05) is 5.43 Å². The van der Waals surface area contributed by atoms with Crippen LogP contribution < -0.4 is 21.9 Å². The van der Waals surface area contributed by atoms with Crippen molar-refractivity contribution in [3.63, 3.8) is 0 Å². The van der Waals surface area contributed by atoms with Crippen LogP contribution in [0.15, 0.2) is 6.07 Å². The van der Waals surface area contributed by atoms with Crippen LogP contribution in [0.1, 0.15) is 12.8 Å². The molecule has 1 aliphatic carbocycles. The number of carbonyl (C=O) groups is 1. The van der Waals surface area contributed by atoms with Crippen molar-refractivity contribution < 1.29 is 13.6 Å². The maximum atomic E-state index is 13.3. The summed E-state index contributed by atoms with van der Waals surface area (Å²) in [4.78, 5) is 14.9. The van der Waals surface area contributed by atoms with Gasteiger partial charge in [-0.3, -0.25) is 4.79 Å². The number of anilines is 2. The molecule has 1 aromatic rings. The third-order valence-electron chi connectivity index (χ3n) is 2.43. The van der Waals surface area contributed by atoms with Crippen LogP contribution in [0.4, 0.5) is 20.4 Å². The molecule has 0 aliphatic heterocycles. The van der Waals surface area contributed by atoms with Gasteiger partial charge in [0.15, 0.2) is 23.3 Å². The van der Waals surface area contributed by atoms with Gasteiger partial charge < -0.3 is 16.1 Å². The number of aromatic nitrogens is 1. The Bertz CT molecular complexity index is 464. The quantitative estimate of drug-likeness (QED) is 0.451. The third kappa shape index (κ3) is 3.04. The van der Waals surface area contributed by atoms with Crippen molar-refractivity contribution in [3.8, 4) is 0 Å². The van der Waals surface area contributed by atoms with Crippen LogP contribution in [0.2, 0.25) is 0 Å². The first-order chi connectivity index (χ1) is 8.60. The van der Waals surface area contributed by atoms with Gasteiger partial charge in [-0.25, -0.2) is 19.6 Å². The Morgan fingerprint density at radius 3 is 2.67 bits per heavy atom. The lowest BCUT2D eigenvalue weighted by Gasteiger charge is -2.09. The van der Waals surface area contributed by atoms with Gasteiger partial charge >= 0.3 is 0 Å². The van der Waals surface area contributed by atoms with Gasteiger partial charge in [0.1, 0.15) is 0 Å². The number of carbonyl (C=O) groups excluding carboxylic acids is 1.